The fraction of sp³-hybridized carbons (Fsp3) is 0.0769. The van der Waals surface area contributed by atoms with E-state index < -0.39 is 0 Å². The summed E-state index contributed by atoms with van der Waals surface area (Å²) in [6.45, 7) is 4.16. The summed E-state index contributed by atoms with van der Waals surface area (Å²) in [7, 11) is 0. The van der Waals surface area contributed by atoms with Crippen LogP contribution in [0.25, 0.3) is 45.1 Å². The molecule has 3 aromatic carbocycles. The molecule has 0 saturated heterocycles. The van der Waals surface area contributed by atoms with Gasteiger partial charge in [-0.3, -0.25) is 0 Å². The van der Waals surface area contributed by atoms with Crippen molar-refractivity contribution in [3.63, 3.8) is 0 Å². The average molecular weight is 376 g/mol. The predicted molar refractivity (Wildman–Crippen MR) is 118 cm³/mol. The Morgan fingerprint density at radius 3 is 2.00 bits per heavy atom. The molecule has 0 atom stereocenters. The van der Waals surface area contributed by atoms with Crippen LogP contribution in [-0.4, -0.2) is 9.97 Å². The maximum Gasteiger partial charge on any atom is 0.246 e. The topological polar surface area (TPSA) is 38.9 Å². The molecular formula is C26H20N2O. The molecule has 0 spiro atoms. The lowest BCUT2D eigenvalue weighted by atomic mass is 10.0. The zero-order chi connectivity index (χ0) is 19.8. The van der Waals surface area contributed by atoms with Crippen molar-refractivity contribution in [2.75, 3.05) is 0 Å². The van der Waals surface area contributed by atoms with Gasteiger partial charge in [0.15, 0.2) is 5.76 Å². The molecule has 29 heavy (non-hydrogen) atoms. The molecule has 0 amide bonds. The van der Waals surface area contributed by atoms with Gasteiger partial charge in [0.1, 0.15) is 11.4 Å². The van der Waals surface area contributed by atoms with Gasteiger partial charge in [0.25, 0.3) is 0 Å². The van der Waals surface area contributed by atoms with E-state index in [0.29, 0.717) is 5.89 Å². The van der Waals surface area contributed by atoms with Crippen molar-refractivity contribution in [2.24, 2.45) is 0 Å². The third-order valence-electron chi connectivity index (χ3n) is 5.08. The summed E-state index contributed by atoms with van der Waals surface area (Å²) in [5, 5.41) is 1.10. The number of para-hydroxylation sites is 1. The Labute approximate surface area is 169 Å². The number of fused-ring (bicyclic) bond motifs is 1. The third kappa shape index (κ3) is 3.32. The van der Waals surface area contributed by atoms with Crippen LogP contribution in [0.3, 0.4) is 0 Å². The highest BCUT2D eigenvalue weighted by Crippen LogP contribution is 2.36. The number of pyridine rings is 1. The monoisotopic (exact) mass is 376 g/mol. The molecule has 0 aliphatic heterocycles. The molecule has 0 unspecified atom stereocenters. The zero-order valence-electron chi connectivity index (χ0n) is 16.4. The molecule has 0 saturated carbocycles. The van der Waals surface area contributed by atoms with Crippen LogP contribution in [0.5, 0.6) is 0 Å². The quantitative estimate of drug-likeness (QED) is 0.346. The molecule has 0 bridgehead atoms. The van der Waals surface area contributed by atoms with E-state index in [9.17, 15) is 0 Å². The summed E-state index contributed by atoms with van der Waals surface area (Å²) in [5.74, 6) is 1.29. The predicted octanol–water partition coefficient (Wildman–Crippen LogP) is 6.84. The Morgan fingerprint density at radius 1 is 0.621 bits per heavy atom. The molecule has 2 heterocycles. The Morgan fingerprint density at radius 2 is 1.28 bits per heavy atom. The summed E-state index contributed by atoms with van der Waals surface area (Å²) in [6.07, 6.45) is 0. The van der Waals surface area contributed by atoms with Gasteiger partial charge in [-0.25, -0.2) is 9.97 Å². The first-order chi connectivity index (χ1) is 14.2. The SMILES string of the molecule is Cc1ccc(-c2nc(-c3ccc4ccccc4n3)oc2-c2ccc(C)cc2)cc1. The van der Waals surface area contributed by atoms with Gasteiger partial charge in [-0.2, -0.15) is 0 Å². The number of nitrogens with zero attached hydrogens (tertiary/aromatic N) is 2. The van der Waals surface area contributed by atoms with Gasteiger partial charge in [-0.1, -0.05) is 83.9 Å². The first-order valence-electron chi connectivity index (χ1n) is 9.68. The lowest BCUT2D eigenvalue weighted by molar-refractivity contribution is 0.587. The van der Waals surface area contributed by atoms with Crippen molar-refractivity contribution < 1.29 is 4.42 Å². The van der Waals surface area contributed by atoms with Crippen LogP contribution in [0.2, 0.25) is 0 Å². The molecule has 5 aromatic rings. The number of aryl methyl sites for hydroxylation is 2. The lowest BCUT2D eigenvalue weighted by Crippen LogP contribution is -1.86. The van der Waals surface area contributed by atoms with E-state index in [0.717, 1.165) is 39.2 Å². The molecule has 0 N–H and O–H groups in total. The van der Waals surface area contributed by atoms with Gasteiger partial charge >= 0.3 is 0 Å². The Balaban J connectivity index is 1.69. The molecule has 140 valence electrons. The molecule has 2 aromatic heterocycles. The Kier molecular flexibility index (Phi) is 4.21. The van der Waals surface area contributed by atoms with Crippen LogP contribution in [0.1, 0.15) is 11.1 Å². The molecule has 5 rings (SSSR count). The molecule has 3 heteroatoms. The minimum Gasteiger partial charge on any atom is -0.434 e. The van der Waals surface area contributed by atoms with Crippen LogP contribution in [0.15, 0.2) is 89.3 Å². The standard InChI is InChI=1S/C26H20N2O/c1-17-7-11-20(12-8-17)24-25(21-13-9-18(2)10-14-21)29-26(28-24)23-16-15-19-5-3-4-6-22(19)27-23/h3-16H,1-2H3. The maximum absolute atomic E-state index is 6.29. The van der Waals surface area contributed by atoms with E-state index in [-0.39, 0.29) is 0 Å². The minimum atomic E-state index is 0.530. The van der Waals surface area contributed by atoms with Gasteiger partial charge in [0, 0.05) is 16.5 Å². The van der Waals surface area contributed by atoms with Gasteiger partial charge in [-0.05, 0) is 26.0 Å². The highest BCUT2D eigenvalue weighted by Gasteiger charge is 2.19. The second-order valence-corrected chi connectivity index (χ2v) is 7.32. The number of hydrogen-bond donors (Lipinski definition) is 0. The molecular weight excluding hydrogens is 356 g/mol. The van der Waals surface area contributed by atoms with Gasteiger partial charge in [-0.15, -0.1) is 0 Å². The molecule has 0 fully saturated rings. The summed E-state index contributed by atoms with van der Waals surface area (Å²) in [6, 6.07) is 28.8. The molecule has 0 aliphatic carbocycles. The average Bonchev–Trinajstić information content (AvgIpc) is 3.20. The summed E-state index contributed by atoms with van der Waals surface area (Å²) in [5.41, 5.74) is 6.95. The number of oxazole rings is 1. The summed E-state index contributed by atoms with van der Waals surface area (Å²) >= 11 is 0. The number of aromatic nitrogens is 2. The van der Waals surface area contributed by atoms with Crippen molar-refractivity contribution >= 4 is 10.9 Å². The Hall–Kier alpha value is -3.72. The van der Waals surface area contributed by atoms with Gasteiger partial charge in [0.05, 0.1) is 5.52 Å². The van der Waals surface area contributed by atoms with E-state index in [1.807, 2.05) is 24.3 Å². The van der Waals surface area contributed by atoms with Crippen molar-refractivity contribution in [1.29, 1.82) is 0 Å². The van der Waals surface area contributed by atoms with Gasteiger partial charge < -0.3 is 4.42 Å². The third-order valence-corrected chi connectivity index (χ3v) is 5.08. The van der Waals surface area contributed by atoms with Crippen LogP contribution >= 0.6 is 0 Å². The maximum atomic E-state index is 6.29. The van der Waals surface area contributed by atoms with E-state index in [1.165, 1.54) is 11.1 Å². The van der Waals surface area contributed by atoms with E-state index in [4.69, 9.17) is 14.4 Å². The summed E-state index contributed by atoms with van der Waals surface area (Å²) < 4.78 is 6.29. The second-order valence-electron chi connectivity index (χ2n) is 7.32. The van der Waals surface area contributed by atoms with E-state index in [2.05, 4.69) is 74.5 Å². The highest BCUT2D eigenvalue weighted by atomic mass is 16.4. The highest BCUT2D eigenvalue weighted by molar-refractivity contribution is 5.82. The van der Waals surface area contributed by atoms with E-state index in [1.54, 1.807) is 0 Å². The van der Waals surface area contributed by atoms with Crippen LogP contribution in [0, 0.1) is 13.8 Å². The molecule has 0 radical (unpaired) electrons. The van der Waals surface area contributed by atoms with Gasteiger partial charge in [0.2, 0.25) is 5.89 Å². The lowest BCUT2D eigenvalue weighted by Gasteiger charge is -2.03. The smallest absolute Gasteiger partial charge is 0.246 e. The van der Waals surface area contributed by atoms with Crippen molar-refractivity contribution in [1.82, 2.24) is 9.97 Å². The first-order valence-corrected chi connectivity index (χ1v) is 9.68. The van der Waals surface area contributed by atoms with Crippen molar-refractivity contribution in [3.05, 3.63) is 96.1 Å². The fourth-order valence-corrected chi connectivity index (χ4v) is 3.42. The largest absolute Gasteiger partial charge is 0.434 e. The molecule has 0 aliphatic rings. The zero-order valence-corrected chi connectivity index (χ0v) is 16.4. The normalized spacial score (nSPS) is 11.1. The van der Waals surface area contributed by atoms with Crippen molar-refractivity contribution in [2.45, 2.75) is 13.8 Å². The van der Waals surface area contributed by atoms with Crippen LogP contribution in [-0.2, 0) is 0 Å². The van der Waals surface area contributed by atoms with Crippen LogP contribution in [0.4, 0.5) is 0 Å². The fourth-order valence-electron chi connectivity index (χ4n) is 3.42. The summed E-state index contributed by atoms with van der Waals surface area (Å²) in [4.78, 5) is 9.62. The second kappa shape index (κ2) is 7.02. The van der Waals surface area contributed by atoms with Crippen molar-refractivity contribution in [3.8, 4) is 34.2 Å². The number of rotatable bonds is 3. The number of hydrogen-bond acceptors (Lipinski definition) is 3. The minimum absolute atomic E-state index is 0.530. The van der Waals surface area contributed by atoms with E-state index >= 15 is 0 Å². The number of benzene rings is 3. The molecule has 3 nitrogen and oxygen atoms in total. The Bertz CT molecular complexity index is 1240. The first kappa shape index (κ1) is 17.4. The van der Waals surface area contributed by atoms with Crippen LogP contribution < -0.4 is 0 Å².